The molecule has 3 rings (SSSR count). The van der Waals surface area contributed by atoms with Crippen LogP contribution in [0.4, 0.5) is 10.7 Å². The van der Waals surface area contributed by atoms with Gasteiger partial charge in [-0.25, -0.2) is 4.79 Å². The fourth-order valence-electron chi connectivity index (χ4n) is 3.03. The minimum atomic E-state index is -0.376. The van der Waals surface area contributed by atoms with Gasteiger partial charge in [-0.15, -0.1) is 23.1 Å². The van der Waals surface area contributed by atoms with Crippen molar-refractivity contribution in [2.75, 3.05) is 23.9 Å². The molecule has 7 heteroatoms. The molecule has 1 unspecified atom stereocenters. The molecule has 0 saturated heterocycles. The quantitative estimate of drug-likeness (QED) is 0.459. The van der Waals surface area contributed by atoms with Gasteiger partial charge in [-0.3, -0.25) is 4.79 Å². The van der Waals surface area contributed by atoms with E-state index in [1.807, 2.05) is 24.3 Å². The molecule has 1 aliphatic carbocycles. The van der Waals surface area contributed by atoms with Crippen molar-refractivity contribution in [2.24, 2.45) is 5.92 Å². The summed E-state index contributed by atoms with van der Waals surface area (Å²) in [6, 6.07) is 7.39. The van der Waals surface area contributed by atoms with Crippen LogP contribution in [0.2, 0.25) is 0 Å². The summed E-state index contributed by atoms with van der Waals surface area (Å²) in [6.45, 7) is 2.21. The summed E-state index contributed by atoms with van der Waals surface area (Å²) in [6.07, 6.45) is 2.85. The molecule has 5 nitrogen and oxygen atoms in total. The number of hydrogen-bond donors (Lipinski definition) is 2. The first kappa shape index (κ1) is 18.8. The van der Waals surface area contributed by atoms with Crippen molar-refractivity contribution in [1.29, 1.82) is 0 Å². The molecule has 0 saturated carbocycles. The van der Waals surface area contributed by atoms with E-state index >= 15 is 0 Å². The zero-order valence-corrected chi connectivity index (χ0v) is 16.5. The molecule has 1 heterocycles. The predicted molar refractivity (Wildman–Crippen MR) is 107 cm³/mol. The molecule has 0 aliphatic heterocycles. The van der Waals surface area contributed by atoms with Crippen LogP contribution in [0.3, 0.4) is 0 Å². The van der Waals surface area contributed by atoms with Gasteiger partial charge in [0, 0.05) is 15.5 Å². The SMILES string of the molecule is COC(=O)c1c(NC(=O)CSc2ccc(N)cc2)sc2c1CCC(C)C2. The summed E-state index contributed by atoms with van der Waals surface area (Å²) >= 11 is 2.94. The van der Waals surface area contributed by atoms with E-state index in [0.29, 0.717) is 22.2 Å². The first-order chi connectivity index (χ1) is 12.5. The number of nitrogens with one attached hydrogen (secondary N) is 1. The minimum absolute atomic E-state index is 0.136. The van der Waals surface area contributed by atoms with Crippen LogP contribution >= 0.6 is 23.1 Å². The van der Waals surface area contributed by atoms with Crippen molar-refractivity contribution in [3.8, 4) is 0 Å². The van der Waals surface area contributed by atoms with E-state index in [1.54, 1.807) is 0 Å². The lowest BCUT2D eigenvalue weighted by molar-refractivity contribution is -0.113. The highest BCUT2D eigenvalue weighted by molar-refractivity contribution is 8.00. The van der Waals surface area contributed by atoms with Crippen molar-refractivity contribution in [1.82, 2.24) is 0 Å². The van der Waals surface area contributed by atoms with E-state index in [2.05, 4.69) is 12.2 Å². The van der Waals surface area contributed by atoms with Gasteiger partial charge in [-0.05, 0) is 55.0 Å². The predicted octanol–water partition coefficient (Wildman–Crippen LogP) is 3.97. The molecular formula is C19H22N2O3S2. The number of nitrogens with two attached hydrogens (primary N) is 1. The Morgan fingerprint density at radius 1 is 1.35 bits per heavy atom. The number of amides is 1. The van der Waals surface area contributed by atoms with E-state index in [9.17, 15) is 9.59 Å². The number of rotatable bonds is 5. The highest BCUT2D eigenvalue weighted by Crippen LogP contribution is 2.40. The smallest absolute Gasteiger partial charge is 0.341 e. The second-order valence-corrected chi connectivity index (χ2v) is 8.61. The number of anilines is 2. The van der Waals surface area contributed by atoms with Crippen LogP contribution in [-0.4, -0.2) is 24.7 Å². The number of thioether (sulfide) groups is 1. The van der Waals surface area contributed by atoms with E-state index in [1.165, 1.54) is 35.1 Å². The average Bonchev–Trinajstić information content (AvgIpc) is 2.97. The second kappa shape index (κ2) is 8.14. The normalized spacial score (nSPS) is 16.0. The van der Waals surface area contributed by atoms with Crippen LogP contribution in [0.1, 0.15) is 34.1 Å². The van der Waals surface area contributed by atoms with Gasteiger partial charge in [0.2, 0.25) is 5.91 Å². The maximum Gasteiger partial charge on any atom is 0.341 e. The number of carbonyl (C=O) groups is 2. The molecule has 1 aromatic carbocycles. The fraction of sp³-hybridized carbons (Fsp3) is 0.368. The first-order valence-corrected chi connectivity index (χ1v) is 10.3. The summed E-state index contributed by atoms with van der Waals surface area (Å²) in [5, 5.41) is 3.52. The van der Waals surface area contributed by atoms with Gasteiger partial charge in [0.05, 0.1) is 18.4 Å². The number of methoxy groups -OCH3 is 1. The van der Waals surface area contributed by atoms with Gasteiger partial charge < -0.3 is 15.8 Å². The van der Waals surface area contributed by atoms with Crippen LogP contribution in [0.25, 0.3) is 0 Å². The number of hydrogen-bond acceptors (Lipinski definition) is 6. The van der Waals surface area contributed by atoms with Gasteiger partial charge in [-0.1, -0.05) is 6.92 Å². The molecule has 138 valence electrons. The Bertz CT molecular complexity index is 815. The molecule has 1 aliphatic rings. The molecule has 0 radical (unpaired) electrons. The number of fused-ring (bicyclic) bond motifs is 1. The Kier molecular flexibility index (Phi) is 5.88. The fourth-order valence-corrected chi connectivity index (χ4v) is 5.15. The van der Waals surface area contributed by atoms with E-state index in [0.717, 1.165) is 29.7 Å². The van der Waals surface area contributed by atoms with Gasteiger partial charge in [0.25, 0.3) is 0 Å². The topological polar surface area (TPSA) is 81.4 Å². The Hall–Kier alpha value is -1.99. The number of ether oxygens (including phenoxy) is 1. The van der Waals surface area contributed by atoms with Crippen molar-refractivity contribution < 1.29 is 14.3 Å². The van der Waals surface area contributed by atoms with Crippen LogP contribution in [-0.2, 0) is 22.4 Å². The zero-order chi connectivity index (χ0) is 18.7. The molecule has 3 N–H and O–H groups in total. The van der Waals surface area contributed by atoms with Crippen molar-refractivity contribution >= 4 is 45.7 Å². The van der Waals surface area contributed by atoms with E-state index in [4.69, 9.17) is 10.5 Å². The number of nitrogen functional groups attached to an aromatic ring is 1. The average molecular weight is 391 g/mol. The number of esters is 1. The van der Waals surface area contributed by atoms with Gasteiger partial charge in [-0.2, -0.15) is 0 Å². The largest absolute Gasteiger partial charge is 0.465 e. The van der Waals surface area contributed by atoms with E-state index in [-0.39, 0.29) is 17.6 Å². The summed E-state index contributed by atoms with van der Waals surface area (Å²) in [7, 11) is 1.38. The third-order valence-corrected chi connectivity index (χ3v) is 6.59. The van der Waals surface area contributed by atoms with Gasteiger partial charge in [0.15, 0.2) is 0 Å². The van der Waals surface area contributed by atoms with Crippen LogP contribution in [0.5, 0.6) is 0 Å². The maximum atomic E-state index is 12.4. The third-order valence-electron chi connectivity index (χ3n) is 4.40. The standard InChI is InChI=1S/C19H22N2O3S2/c1-11-3-8-14-15(9-11)26-18(17(14)19(23)24-2)21-16(22)10-25-13-6-4-12(20)5-7-13/h4-7,11H,3,8-10,20H2,1-2H3,(H,21,22). The molecule has 2 aromatic rings. The number of benzene rings is 1. The minimum Gasteiger partial charge on any atom is -0.465 e. The number of thiophene rings is 1. The summed E-state index contributed by atoms with van der Waals surface area (Å²) < 4.78 is 4.95. The molecule has 0 bridgehead atoms. The van der Waals surface area contributed by atoms with Crippen LogP contribution < -0.4 is 11.1 Å². The van der Waals surface area contributed by atoms with Crippen LogP contribution in [0.15, 0.2) is 29.2 Å². The highest BCUT2D eigenvalue weighted by Gasteiger charge is 2.28. The molecule has 1 amide bonds. The van der Waals surface area contributed by atoms with E-state index < -0.39 is 0 Å². The second-order valence-electron chi connectivity index (χ2n) is 6.45. The summed E-state index contributed by atoms with van der Waals surface area (Å²) in [4.78, 5) is 26.8. The molecule has 1 aromatic heterocycles. The third kappa shape index (κ3) is 4.22. The molecule has 0 spiro atoms. The van der Waals surface area contributed by atoms with Crippen LogP contribution in [0, 0.1) is 5.92 Å². The van der Waals surface area contributed by atoms with Crippen molar-refractivity contribution in [2.45, 2.75) is 31.1 Å². The van der Waals surface area contributed by atoms with Gasteiger partial charge >= 0.3 is 5.97 Å². The zero-order valence-electron chi connectivity index (χ0n) is 14.8. The Labute approximate surface area is 161 Å². The van der Waals surface area contributed by atoms with Gasteiger partial charge in [0.1, 0.15) is 5.00 Å². The highest BCUT2D eigenvalue weighted by atomic mass is 32.2. The lowest BCUT2D eigenvalue weighted by atomic mass is 9.88. The van der Waals surface area contributed by atoms with Crippen molar-refractivity contribution in [3.63, 3.8) is 0 Å². The van der Waals surface area contributed by atoms with Crippen molar-refractivity contribution in [3.05, 3.63) is 40.3 Å². The first-order valence-electron chi connectivity index (χ1n) is 8.49. The Balaban J connectivity index is 1.73. The lowest BCUT2D eigenvalue weighted by Crippen LogP contribution is -2.17. The molecule has 1 atom stereocenters. The lowest BCUT2D eigenvalue weighted by Gasteiger charge is -2.18. The Morgan fingerprint density at radius 2 is 2.08 bits per heavy atom. The number of carbonyl (C=O) groups excluding carboxylic acids is 2. The summed E-state index contributed by atoms with van der Waals surface area (Å²) in [5.41, 5.74) is 7.94. The maximum absolute atomic E-state index is 12.4. The Morgan fingerprint density at radius 3 is 2.77 bits per heavy atom. The monoisotopic (exact) mass is 390 g/mol. The summed E-state index contributed by atoms with van der Waals surface area (Å²) in [5.74, 6) is 0.349. The molecular weight excluding hydrogens is 368 g/mol. The molecule has 0 fully saturated rings. The molecule has 26 heavy (non-hydrogen) atoms.